The maximum absolute atomic E-state index is 3.25. The molecule has 2 aromatic rings. The molecule has 0 nitrogen and oxygen atoms in total. The molecule has 0 saturated carbocycles. The minimum absolute atomic E-state index is 0.143. The monoisotopic (exact) mass is 646 g/mol. The van der Waals surface area contributed by atoms with E-state index in [2.05, 4.69) is 112 Å². The number of allylic oxidation sites excluding steroid dienone is 5. The van der Waals surface area contributed by atoms with Crippen molar-refractivity contribution in [3.05, 3.63) is 98.7 Å². The molecule has 0 spiro atoms. The van der Waals surface area contributed by atoms with Gasteiger partial charge in [0.1, 0.15) is 0 Å². The van der Waals surface area contributed by atoms with Gasteiger partial charge >= 0.3 is 226 Å². The summed E-state index contributed by atoms with van der Waals surface area (Å²) in [4.78, 5) is 0. The van der Waals surface area contributed by atoms with Crippen LogP contribution in [0.25, 0.3) is 6.08 Å². The molecule has 3 aliphatic carbocycles. The topological polar surface area (TPSA) is 0 Å². The standard InChI is InChI=1S/C23H25.C10H15.2CH3.Hf/c1-3-23(4-2)15-20-13-19-11-10-18(22(19)14-21(20)16-23)12-17-8-6-5-7-9-17;1-6-7(2)9(4)10(5)8(6)3;;;/h5-11,13-14H,3-4,12,15-16H2,1-2H3;1-5H3;2*1H3;. The van der Waals surface area contributed by atoms with Gasteiger partial charge in [-0.2, -0.15) is 0 Å². The molecular weight excluding hydrogens is 599 g/mol. The molecule has 0 radical (unpaired) electrons. The second-order valence-electron chi connectivity index (χ2n) is 13.0. The van der Waals surface area contributed by atoms with Crippen LogP contribution in [0.1, 0.15) is 89.1 Å². The summed E-state index contributed by atoms with van der Waals surface area (Å²) in [6.07, 6.45) is 11.4. The molecule has 0 aliphatic heterocycles. The Balaban J connectivity index is 1.73. The summed E-state index contributed by atoms with van der Waals surface area (Å²) >= 11 is -3.25. The Morgan fingerprint density at radius 2 is 1.36 bits per heavy atom. The molecule has 2 aromatic carbocycles. The van der Waals surface area contributed by atoms with E-state index in [0.717, 1.165) is 6.42 Å². The van der Waals surface area contributed by atoms with Crippen LogP contribution >= 0.6 is 0 Å². The third kappa shape index (κ3) is 3.40. The number of hydrogen-bond acceptors (Lipinski definition) is 0. The van der Waals surface area contributed by atoms with Crippen LogP contribution in [-0.2, 0) is 42.4 Å². The number of fused-ring (bicyclic) bond motifs is 2. The average molecular weight is 645 g/mol. The molecule has 1 unspecified atom stereocenters. The summed E-state index contributed by atoms with van der Waals surface area (Å²) in [5, 5.41) is 0. The summed E-state index contributed by atoms with van der Waals surface area (Å²) in [5.74, 6) is 0. The van der Waals surface area contributed by atoms with Gasteiger partial charge in [-0.3, -0.25) is 0 Å². The van der Waals surface area contributed by atoms with E-state index in [9.17, 15) is 0 Å². The van der Waals surface area contributed by atoms with Crippen LogP contribution in [0.2, 0.25) is 12.5 Å². The van der Waals surface area contributed by atoms with Gasteiger partial charge in [-0.1, -0.05) is 0 Å². The third-order valence-electron chi connectivity index (χ3n) is 11.9. The Bertz CT molecular complexity index is 1270. The van der Waals surface area contributed by atoms with Crippen molar-refractivity contribution in [1.82, 2.24) is 0 Å². The number of benzene rings is 2. The van der Waals surface area contributed by atoms with Gasteiger partial charge in [0.2, 0.25) is 0 Å². The fourth-order valence-corrected chi connectivity index (χ4v) is 26.9. The first-order valence-electron chi connectivity index (χ1n) is 14.2. The van der Waals surface area contributed by atoms with Gasteiger partial charge in [0.25, 0.3) is 0 Å². The van der Waals surface area contributed by atoms with Gasteiger partial charge in [0, 0.05) is 0 Å². The van der Waals surface area contributed by atoms with E-state index in [1.54, 1.807) is 39.0 Å². The van der Waals surface area contributed by atoms with E-state index in [4.69, 9.17) is 0 Å². The minimum atomic E-state index is -3.25. The first kappa shape index (κ1) is 26.1. The van der Waals surface area contributed by atoms with Crippen LogP contribution in [-0.4, -0.2) is 0 Å². The molecule has 0 bridgehead atoms. The first-order chi connectivity index (χ1) is 17.0. The van der Waals surface area contributed by atoms with E-state index in [1.165, 1.54) is 36.8 Å². The molecule has 5 rings (SSSR count). The van der Waals surface area contributed by atoms with Crippen molar-refractivity contribution in [2.45, 2.75) is 96.3 Å². The molecular formula is C35H46Hf. The van der Waals surface area contributed by atoms with Crippen molar-refractivity contribution in [2.24, 2.45) is 5.41 Å². The van der Waals surface area contributed by atoms with Gasteiger partial charge in [-0.05, 0) is 0 Å². The van der Waals surface area contributed by atoms with Crippen molar-refractivity contribution in [1.29, 1.82) is 0 Å². The van der Waals surface area contributed by atoms with Crippen molar-refractivity contribution in [2.75, 3.05) is 0 Å². The zero-order chi connectivity index (χ0) is 26.1. The van der Waals surface area contributed by atoms with Crippen molar-refractivity contribution in [3.8, 4) is 0 Å². The SMILES string of the molecule is CCC1(CC)Cc2cc3c(cc2C1)[C](Cc1ccccc1)([Hf]([CH3])([CH3])[C]1(C)C(C)=C(C)C(C)=C1C)C=C3. The van der Waals surface area contributed by atoms with Crippen LogP contribution in [0, 0.1) is 5.41 Å². The van der Waals surface area contributed by atoms with Crippen LogP contribution in [0.3, 0.4) is 0 Å². The molecule has 1 atom stereocenters. The zero-order valence-corrected chi connectivity index (χ0v) is 27.8. The quantitative estimate of drug-likeness (QED) is 0.275. The predicted molar refractivity (Wildman–Crippen MR) is 155 cm³/mol. The normalized spacial score (nSPS) is 24.0. The molecule has 0 N–H and O–H groups in total. The van der Waals surface area contributed by atoms with Crippen LogP contribution < -0.4 is 0 Å². The van der Waals surface area contributed by atoms with E-state index >= 15 is 0 Å². The number of rotatable bonds is 6. The maximum atomic E-state index is 2.78. The molecule has 0 aromatic heterocycles. The molecule has 36 heavy (non-hydrogen) atoms. The fourth-order valence-electron chi connectivity index (χ4n) is 8.32. The van der Waals surface area contributed by atoms with Crippen molar-refractivity contribution >= 4 is 6.08 Å². The molecule has 1 heteroatoms. The van der Waals surface area contributed by atoms with E-state index < -0.39 is 20.0 Å². The molecule has 190 valence electrons. The van der Waals surface area contributed by atoms with E-state index in [-0.39, 0.29) is 6.34 Å². The van der Waals surface area contributed by atoms with Crippen molar-refractivity contribution < 1.29 is 20.0 Å². The summed E-state index contributed by atoms with van der Waals surface area (Å²) < 4.78 is 5.93. The van der Waals surface area contributed by atoms with Gasteiger partial charge < -0.3 is 0 Å². The van der Waals surface area contributed by atoms with Gasteiger partial charge in [-0.15, -0.1) is 0 Å². The molecule has 0 saturated heterocycles. The molecule has 0 heterocycles. The Morgan fingerprint density at radius 3 is 1.92 bits per heavy atom. The van der Waals surface area contributed by atoms with Gasteiger partial charge in [-0.25, -0.2) is 0 Å². The Kier molecular flexibility index (Phi) is 6.39. The third-order valence-corrected chi connectivity index (χ3v) is 33.8. The second-order valence-corrected chi connectivity index (χ2v) is 31.5. The van der Waals surface area contributed by atoms with Crippen molar-refractivity contribution in [3.63, 3.8) is 0 Å². The summed E-state index contributed by atoms with van der Waals surface area (Å²) in [5.41, 5.74) is 14.8. The van der Waals surface area contributed by atoms with Crippen LogP contribution in [0.5, 0.6) is 0 Å². The van der Waals surface area contributed by atoms with E-state index in [0.29, 0.717) is 5.41 Å². The Hall–Kier alpha value is -1.47. The van der Waals surface area contributed by atoms with Crippen LogP contribution in [0.4, 0.5) is 0 Å². The molecule has 0 fully saturated rings. The Labute approximate surface area is 225 Å². The second kappa shape index (κ2) is 8.79. The zero-order valence-electron chi connectivity index (χ0n) is 24.2. The molecule has 0 amide bonds. The average Bonchev–Trinajstić information content (AvgIpc) is 3.48. The Morgan fingerprint density at radius 1 is 0.806 bits per heavy atom. The summed E-state index contributed by atoms with van der Waals surface area (Å²) in [6.45, 7) is 17.1. The van der Waals surface area contributed by atoms with E-state index in [1.807, 2.05) is 0 Å². The molecule has 3 aliphatic rings. The number of hydrogen-bond donors (Lipinski definition) is 0. The van der Waals surface area contributed by atoms with Gasteiger partial charge in [0.15, 0.2) is 0 Å². The predicted octanol–water partition coefficient (Wildman–Crippen LogP) is 10.2. The summed E-state index contributed by atoms with van der Waals surface area (Å²) in [6, 6.07) is 16.7. The first-order valence-corrected chi connectivity index (χ1v) is 25.0. The summed E-state index contributed by atoms with van der Waals surface area (Å²) in [7, 11) is 0. The van der Waals surface area contributed by atoms with Gasteiger partial charge in [0.05, 0.1) is 0 Å². The fraction of sp³-hybridized carbons (Fsp3) is 0.486. The van der Waals surface area contributed by atoms with Crippen LogP contribution in [0.15, 0.2) is 70.8 Å².